The molecule has 0 unspecified atom stereocenters. The molecule has 1 amide bonds. The van der Waals surface area contributed by atoms with Crippen molar-refractivity contribution in [1.82, 2.24) is 10.2 Å². The molecule has 2 saturated carbocycles. The van der Waals surface area contributed by atoms with Crippen LogP contribution in [-0.4, -0.2) is 73.1 Å². The van der Waals surface area contributed by atoms with Gasteiger partial charge in [-0.15, -0.1) is 0 Å². The third-order valence-corrected chi connectivity index (χ3v) is 8.66. The van der Waals surface area contributed by atoms with E-state index >= 15 is 0 Å². The molecule has 2 aliphatic heterocycles. The van der Waals surface area contributed by atoms with Gasteiger partial charge in [0.25, 0.3) is 0 Å². The van der Waals surface area contributed by atoms with Crippen LogP contribution in [0.4, 0.5) is 0 Å². The summed E-state index contributed by atoms with van der Waals surface area (Å²) in [5.41, 5.74) is -0.339. The third kappa shape index (κ3) is 4.57. The van der Waals surface area contributed by atoms with Gasteiger partial charge in [-0.2, -0.15) is 0 Å². The number of rotatable bonds is 5. The van der Waals surface area contributed by atoms with Gasteiger partial charge < -0.3 is 24.8 Å². The normalized spacial score (nSPS) is 39.7. The van der Waals surface area contributed by atoms with Crippen molar-refractivity contribution >= 4 is 5.91 Å². The lowest BCUT2D eigenvalue weighted by atomic mass is 9.57. The van der Waals surface area contributed by atoms with Gasteiger partial charge >= 0.3 is 0 Å². The Labute approximate surface area is 182 Å². The highest BCUT2D eigenvalue weighted by Gasteiger charge is 2.61. The van der Waals surface area contributed by atoms with Crippen molar-refractivity contribution in [3.05, 3.63) is 0 Å². The van der Waals surface area contributed by atoms with Gasteiger partial charge in [0.05, 0.1) is 18.8 Å². The summed E-state index contributed by atoms with van der Waals surface area (Å²) in [6.07, 6.45) is 7.48. The first-order valence-electron chi connectivity index (χ1n) is 12.1. The van der Waals surface area contributed by atoms with Crippen LogP contribution in [0.15, 0.2) is 0 Å². The SMILES string of the molecule is CC1(C)C[C@H](NC2CCOCC2)[C@@]2(CCC(=O)N3CCOCC3)CC[C@](C)(O)C[C@@H]12. The first kappa shape index (κ1) is 22.5. The standard InChI is InChI=1S/C24H42N2O4/c1-22(2)17-20(25-18-5-12-29-13-6-18)24(9-8-23(3,28)16-19(22)24)7-4-21(27)26-10-14-30-15-11-26/h18-20,25,28H,4-17H2,1-3H3/t19-,20-,23-,24-/m0/s1. The van der Waals surface area contributed by atoms with Crippen LogP contribution in [0.3, 0.4) is 0 Å². The van der Waals surface area contributed by atoms with Crippen LogP contribution in [0.2, 0.25) is 0 Å². The van der Waals surface area contributed by atoms with Gasteiger partial charge in [0, 0.05) is 44.8 Å². The van der Waals surface area contributed by atoms with E-state index in [9.17, 15) is 9.90 Å². The van der Waals surface area contributed by atoms with Crippen molar-refractivity contribution in [2.45, 2.75) is 89.8 Å². The molecule has 0 aromatic heterocycles. The van der Waals surface area contributed by atoms with Gasteiger partial charge in [0.15, 0.2) is 0 Å². The number of aliphatic hydroxyl groups is 1. The number of hydrogen-bond donors (Lipinski definition) is 2. The number of morpholine rings is 1. The summed E-state index contributed by atoms with van der Waals surface area (Å²) in [7, 11) is 0. The van der Waals surface area contributed by atoms with Crippen LogP contribution in [-0.2, 0) is 14.3 Å². The Hall–Kier alpha value is -0.690. The van der Waals surface area contributed by atoms with Crippen molar-refractivity contribution in [2.75, 3.05) is 39.5 Å². The number of fused-ring (bicyclic) bond motifs is 1. The molecule has 0 bridgehead atoms. The van der Waals surface area contributed by atoms with E-state index in [2.05, 4.69) is 19.2 Å². The molecule has 2 aliphatic carbocycles. The summed E-state index contributed by atoms with van der Waals surface area (Å²) < 4.78 is 11.0. The van der Waals surface area contributed by atoms with E-state index in [0.29, 0.717) is 37.6 Å². The number of amides is 1. The number of carbonyl (C=O) groups excluding carboxylic acids is 1. The topological polar surface area (TPSA) is 71.0 Å². The van der Waals surface area contributed by atoms with Gasteiger partial charge in [0.1, 0.15) is 0 Å². The number of ether oxygens (including phenoxy) is 2. The van der Waals surface area contributed by atoms with Gasteiger partial charge in [-0.1, -0.05) is 13.8 Å². The molecule has 4 fully saturated rings. The maximum absolute atomic E-state index is 13.0. The predicted octanol–water partition coefficient (Wildman–Crippen LogP) is 2.73. The van der Waals surface area contributed by atoms with E-state index in [0.717, 1.165) is 71.2 Å². The van der Waals surface area contributed by atoms with Crippen molar-refractivity contribution in [2.24, 2.45) is 16.7 Å². The molecule has 172 valence electrons. The number of nitrogens with one attached hydrogen (secondary N) is 1. The zero-order valence-electron chi connectivity index (χ0n) is 19.3. The first-order chi connectivity index (χ1) is 14.2. The largest absolute Gasteiger partial charge is 0.390 e. The van der Waals surface area contributed by atoms with E-state index in [1.54, 1.807) is 0 Å². The highest BCUT2D eigenvalue weighted by Crippen LogP contribution is 2.64. The molecule has 2 heterocycles. The Morgan fingerprint density at radius 1 is 1.03 bits per heavy atom. The Balaban J connectivity index is 1.53. The number of hydrogen-bond acceptors (Lipinski definition) is 5. The van der Waals surface area contributed by atoms with Crippen LogP contribution in [0.1, 0.15) is 72.1 Å². The van der Waals surface area contributed by atoms with E-state index < -0.39 is 5.60 Å². The maximum Gasteiger partial charge on any atom is 0.222 e. The summed E-state index contributed by atoms with van der Waals surface area (Å²) in [5, 5.41) is 15.0. The van der Waals surface area contributed by atoms with E-state index in [-0.39, 0.29) is 16.7 Å². The summed E-state index contributed by atoms with van der Waals surface area (Å²) in [6.45, 7) is 11.2. The molecule has 0 radical (unpaired) electrons. The second-order valence-corrected chi connectivity index (χ2v) is 11.3. The minimum absolute atomic E-state index is 0.0893. The van der Waals surface area contributed by atoms with Crippen LogP contribution in [0.5, 0.6) is 0 Å². The molecular formula is C24H42N2O4. The Bertz CT molecular complexity index is 610. The van der Waals surface area contributed by atoms with Gasteiger partial charge in [0.2, 0.25) is 5.91 Å². The number of carbonyl (C=O) groups is 1. The zero-order chi connectivity index (χ0) is 21.4. The quantitative estimate of drug-likeness (QED) is 0.713. The highest BCUT2D eigenvalue weighted by atomic mass is 16.5. The molecule has 4 aliphatic rings. The van der Waals surface area contributed by atoms with Crippen LogP contribution in [0.25, 0.3) is 0 Å². The van der Waals surface area contributed by atoms with Gasteiger partial charge in [-0.25, -0.2) is 0 Å². The van der Waals surface area contributed by atoms with Crippen molar-refractivity contribution in [3.8, 4) is 0 Å². The van der Waals surface area contributed by atoms with Crippen molar-refractivity contribution < 1.29 is 19.4 Å². The van der Waals surface area contributed by atoms with Crippen molar-refractivity contribution in [1.29, 1.82) is 0 Å². The monoisotopic (exact) mass is 422 g/mol. The molecule has 30 heavy (non-hydrogen) atoms. The average Bonchev–Trinajstić information content (AvgIpc) is 2.93. The molecule has 2 saturated heterocycles. The van der Waals surface area contributed by atoms with Crippen LogP contribution >= 0.6 is 0 Å². The lowest BCUT2D eigenvalue weighted by molar-refractivity contribution is -0.137. The second-order valence-electron chi connectivity index (χ2n) is 11.3. The van der Waals surface area contributed by atoms with Crippen LogP contribution in [0, 0.1) is 16.7 Å². The highest BCUT2D eigenvalue weighted by molar-refractivity contribution is 5.76. The van der Waals surface area contributed by atoms with Gasteiger partial charge in [-0.05, 0) is 68.6 Å². The molecule has 0 aromatic carbocycles. The fourth-order valence-electron chi connectivity index (χ4n) is 6.92. The molecule has 0 spiro atoms. The number of nitrogens with zero attached hydrogens (tertiary/aromatic N) is 1. The molecule has 6 nitrogen and oxygen atoms in total. The van der Waals surface area contributed by atoms with E-state index in [4.69, 9.17) is 9.47 Å². The average molecular weight is 423 g/mol. The Morgan fingerprint density at radius 3 is 2.40 bits per heavy atom. The smallest absolute Gasteiger partial charge is 0.222 e. The lowest BCUT2D eigenvalue weighted by Crippen LogP contribution is -2.54. The van der Waals surface area contributed by atoms with Crippen molar-refractivity contribution in [3.63, 3.8) is 0 Å². The van der Waals surface area contributed by atoms with E-state index in [1.807, 2.05) is 11.8 Å². The summed E-state index contributed by atoms with van der Waals surface area (Å²) in [4.78, 5) is 15.0. The Kier molecular flexibility index (Phi) is 6.51. The minimum Gasteiger partial charge on any atom is -0.390 e. The molecule has 6 heteroatoms. The van der Waals surface area contributed by atoms with Gasteiger partial charge in [-0.3, -0.25) is 4.79 Å². The summed E-state index contributed by atoms with van der Waals surface area (Å²) in [6, 6.07) is 0.918. The molecule has 0 aromatic rings. The summed E-state index contributed by atoms with van der Waals surface area (Å²) in [5.74, 6) is 0.710. The minimum atomic E-state index is -0.590. The fraction of sp³-hybridized carbons (Fsp3) is 0.958. The van der Waals surface area contributed by atoms with E-state index in [1.165, 1.54) is 0 Å². The Morgan fingerprint density at radius 2 is 1.70 bits per heavy atom. The molecule has 4 atom stereocenters. The lowest BCUT2D eigenvalue weighted by Gasteiger charge is -2.51. The molecule has 4 rings (SSSR count). The maximum atomic E-state index is 13.0. The fourth-order valence-corrected chi connectivity index (χ4v) is 6.92. The molecular weight excluding hydrogens is 380 g/mol. The predicted molar refractivity (Wildman–Crippen MR) is 116 cm³/mol. The summed E-state index contributed by atoms with van der Waals surface area (Å²) >= 11 is 0. The van der Waals surface area contributed by atoms with Crippen LogP contribution < -0.4 is 5.32 Å². The first-order valence-corrected chi connectivity index (χ1v) is 12.1. The third-order valence-electron chi connectivity index (χ3n) is 8.66. The zero-order valence-corrected chi connectivity index (χ0v) is 19.3. The molecule has 2 N–H and O–H groups in total. The second kappa shape index (κ2) is 8.68.